The molecule has 0 aliphatic carbocycles. The van der Waals surface area contributed by atoms with Crippen LogP contribution in [0.5, 0.6) is 5.75 Å². The van der Waals surface area contributed by atoms with E-state index >= 15 is 0 Å². The van der Waals surface area contributed by atoms with Crippen LogP contribution >= 0.6 is 0 Å². The molecule has 1 aromatic carbocycles. The van der Waals surface area contributed by atoms with Crippen LogP contribution in [-0.2, 0) is 9.59 Å². The van der Waals surface area contributed by atoms with Gasteiger partial charge < -0.3 is 4.74 Å². The van der Waals surface area contributed by atoms with Crippen LogP contribution in [0.4, 0.5) is 0 Å². The molecule has 0 aliphatic rings. The monoisotopic (exact) mass is 264 g/mol. The number of aryl methyl sites for hydroxylation is 1. The Hall–Kier alpha value is -2.04. The van der Waals surface area contributed by atoms with Gasteiger partial charge in [-0.05, 0) is 24.6 Å². The molecule has 0 aliphatic heterocycles. The smallest absolute Gasteiger partial charge is 0.241 e. The fraction of sp³-hybridized carbons (Fsp3) is 0.429. The highest BCUT2D eigenvalue weighted by Gasteiger charge is 2.08. The quantitative estimate of drug-likeness (QED) is 0.793. The van der Waals surface area contributed by atoms with Gasteiger partial charge in [-0.15, -0.1) is 0 Å². The van der Waals surface area contributed by atoms with E-state index in [0.29, 0.717) is 0 Å². The van der Waals surface area contributed by atoms with E-state index < -0.39 is 0 Å². The van der Waals surface area contributed by atoms with Crippen LogP contribution in [0.15, 0.2) is 24.3 Å². The largest absolute Gasteiger partial charge is 0.493 e. The normalized spacial score (nSPS) is 10.1. The number of hydrogen-bond donors (Lipinski definition) is 2. The molecular weight excluding hydrogens is 244 g/mol. The summed E-state index contributed by atoms with van der Waals surface area (Å²) in [5, 5.41) is 0. The molecule has 0 bridgehead atoms. The van der Waals surface area contributed by atoms with Gasteiger partial charge in [0.25, 0.3) is 0 Å². The van der Waals surface area contributed by atoms with Crippen LogP contribution in [0.25, 0.3) is 0 Å². The molecule has 0 spiro atoms. The predicted molar refractivity (Wildman–Crippen MR) is 72.4 cm³/mol. The van der Waals surface area contributed by atoms with Crippen LogP contribution in [-0.4, -0.2) is 18.4 Å². The van der Waals surface area contributed by atoms with Crippen LogP contribution < -0.4 is 15.6 Å². The minimum absolute atomic E-state index is 0.163. The van der Waals surface area contributed by atoms with Crippen LogP contribution in [0.3, 0.4) is 0 Å². The Kier molecular flexibility index (Phi) is 5.85. The van der Waals surface area contributed by atoms with Crippen molar-refractivity contribution in [2.24, 2.45) is 5.92 Å². The van der Waals surface area contributed by atoms with Crippen LogP contribution in [0.1, 0.15) is 25.8 Å². The third-order valence-corrected chi connectivity index (χ3v) is 2.44. The first kappa shape index (κ1) is 15.0. The fourth-order valence-corrected chi connectivity index (χ4v) is 1.30. The van der Waals surface area contributed by atoms with Gasteiger partial charge in [-0.1, -0.05) is 26.0 Å². The molecule has 5 nitrogen and oxygen atoms in total. The molecular formula is C14H20N2O3. The lowest BCUT2D eigenvalue weighted by atomic mass is 10.2. The zero-order valence-electron chi connectivity index (χ0n) is 11.5. The molecule has 1 rings (SSSR count). The molecule has 0 unspecified atom stereocenters. The summed E-state index contributed by atoms with van der Waals surface area (Å²) in [6.07, 6.45) is 0.187. The zero-order valence-corrected chi connectivity index (χ0v) is 11.5. The molecule has 0 radical (unpaired) electrons. The number of hydrazine groups is 1. The van der Waals surface area contributed by atoms with Gasteiger partial charge >= 0.3 is 0 Å². The first-order valence-electron chi connectivity index (χ1n) is 6.27. The summed E-state index contributed by atoms with van der Waals surface area (Å²) in [6, 6.07) is 7.61. The summed E-state index contributed by atoms with van der Waals surface area (Å²) in [7, 11) is 0. The molecule has 0 aromatic heterocycles. The fourth-order valence-electron chi connectivity index (χ4n) is 1.30. The van der Waals surface area contributed by atoms with E-state index in [0.717, 1.165) is 11.3 Å². The Balaban J connectivity index is 2.22. The highest BCUT2D eigenvalue weighted by molar-refractivity contribution is 5.82. The molecule has 104 valence electrons. The van der Waals surface area contributed by atoms with Crippen molar-refractivity contribution in [1.82, 2.24) is 10.9 Å². The van der Waals surface area contributed by atoms with Gasteiger partial charge in [0.05, 0.1) is 13.0 Å². The average molecular weight is 264 g/mol. The number of amides is 2. The van der Waals surface area contributed by atoms with Crippen molar-refractivity contribution in [3.05, 3.63) is 29.8 Å². The predicted octanol–water partition coefficient (Wildman–Crippen LogP) is 1.57. The Morgan fingerprint density at radius 1 is 1.26 bits per heavy atom. The van der Waals surface area contributed by atoms with Crippen molar-refractivity contribution < 1.29 is 14.3 Å². The maximum Gasteiger partial charge on any atom is 0.241 e. The van der Waals surface area contributed by atoms with Crippen molar-refractivity contribution in [1.29, 1.82) is 0 Å². The van der Waals surface area contributed by atoms with Gasteiger partial charge in [-0.3, -0.25) is 20.4 Å². The van der Waals surface area contributed by atoms with Crippen molar-refractivity contribution >= 4 is 11.8 Å². The van der Waals surface area contributed by atoms with Crippen molar-refractivity contribution in [2.75, 3.05) is 6.61 Å². The molecule has 0 saturated carbocycles. The summed E-state index contributed by atoms with van der Waals surface area (Å²) < 4.78 is 5.44. The van der Waals surface area contributed by atoms with Gasteiger partial charge in [0, 0.05) is 5.92 Å². The summed E-state index contributed by atoms with van der Waals surface area (Å²) >= 11 is 0. The van der Waals surface area contributed by atoms with E-state index in [1.807, 2.05) is 31.2 Å². The maximum atomic E-state index is 11.4. The Bertz CT molecular complexity index is 444. The van der Waals surface area contributed by atoms with Crippen molar-refractivity contribution in [3.63, 3.8) is 0 Å². The van der Waals surface area contributed by atoms with Crippen molar-refractivity contribution in [3.8, 4) is 5.75 Å². The minimum atomic E-state index is -0.276. The highest BCUT2D eigenvalue weighted by atomic mass is 16.5. The van der Waals surface area contributed by atoms with E-state index in [-0.39, 0.29) is 30.8 Å². The number of carbonyl (C=O) groups excluding carboxylic acids is 2. The number of nitrogens with one attached hydrogen (secondary N) is 2. The van der Waals surface area contributed by atoms with E-state index in [1.165, 1.54) is 0 Å². The first-order chi connectivity index (χ1) is 8.99. The number of benzene rings is 1. The summed E-state index contributed by atoms with van der Waals surface area (Å²) in [4.78, 5) is 22.6. The van der Waals surface area contributed by atoms with Gasteiger partial charge in [0.2, 0.25) is 11.8 Å². The Morgan fingerprint density at radius 2 is 2.00 bits per heavy atom. The van der Waals surface area contributed by atoms with Gasteiger partial charge in [0.1, 0.15) is 5.75 Å². The second-order valence-corrected chi connectivity index (χ2v) is 4.61. The molecule has 19 heavy (non-hydrogen) atoms. The summed E-state index contributed by atoms with van der Waals surface area (Å²) in [5.74, 6) is 0.0810. The van der Waals surface area contributed by atoms with Gasteiger partial charge in [-0.25, -0.2) is 0 Å². The molecule has 0 atom stereocenters. The Morgan fingerprint density at radius 3 is 2.63 bits per heavy atom. The van der Waals surface area contributed by atoms with Gasteiger partial charge in [0.15, 0.2) is 0 Å². The number of ether oxygens (including phenoxy) is 1. The number of carbonyl (C=O) groups is 2. The van der Waals surface area contributed by atoms with E-state index in [4.69, 9.17) is 4.74 Å². The third-order valence-electron chi connectivity index (χ3n) is 2.44. The maximum absolute atomic E-state index is 11.4. The molecule has 0 fully saturated rings. The molecule has 0 heterocycles. The third kappa shape index (κ3) is 5.90. The molecule has 0 saturated heterocycles. The van der Waals surface area contributed by atoms with Crippen LogP contribution in [0.2, 0.25) is 0 Å². The highest BCUT2D eigenvalue weighted by Crippen LogP contribution is 2.12. The lowest BCUT2D eigenvalue weighted by Gasteiger charge is -2.10. The molecule has 1 aromatic rings. The zero-order chi connectivity index (χ0) is 14.3. The molecule has 5 heteroatoms. The first-order valence-corrected chi connectivity index (χ1v) is 6.27. The number of rotatable bonds is 5. The lowest BCUT2D eigenvalue weighted by Crippen LogP contribution is -2.43. The molecule has 2 amide bonds. The Labute approximate surface area is 113 Å². The lowest BCUT2D eigenvalue weighted by molar-refractivity contribution is -0.130. The van der Waals surface area contributed by atoms with Gasteiger partial charge in [-0.2, -0.15) is 0 Å². The minimum Gasteiger partial charge on any atom is -0.493 e. The second-order valence-electron chi connectivity index (χ2n) is 4.61. The van der Waals surface area contributed by atoms with Crippen LogP contribution in [0, 0.1) is 12.8 Å². The standard InChI is InChI=1S/C14H20N2O3/c1-10(2)14(18)16-15-13(17)7-8-19-12-6-4-5-11(3)9-12/h4-6,9-10H,7-8H2,1-3H3,(H,15,17)(H,16,18). The van der Waals surface area contributed by atoms with E-state index in [9.17, 15) is 9.59 Å². The van der Waals surface area contributed by atoms with E-state index in [1.54, 1.807) is 13.8 Å². The SMILES string of the molecule is Cc1cccc(OCCC(=O)NNC(=O)C(C)C)c1. The second kappa shape index (κ2) is 7.41. The molecule has 2 N–H and O–H groups in total. The summed E-state index contributed by atoms with van der Waals surface area (Å²) in [6.45, 7) is 5.75. The number of hydrogen-bond acceptors (Lipinski definition) is 3. The summed E-state index contributed by atoms with van der Waals surface area (Å²) in [5.41, 5.74) is 5.79. The average Bonchev–Trinajstić information content (AvgIpc) is 2.36. The van der Waals surface area contributed by atoms with Crippen molar-refractivity contribution in [2.45, 2.75) is 27.2 Å². The topological polar surface area (TPSA) is 67.4 Å². The van der Waals surface area contributed by atoms with E-state index in [2.05, 4.69) is 10.9 Å².